The number of carbonyl (C=O) groups excluding carboxylic acids is 2. The molecule has 8 heteroatoms. The van der Waals surface area contributed by atoms with Crippen molar-refractivity contribution in [3.63, 3.8) is 0 Å². The van der Waals surface area contributed by atoms with Crippen LogP contribution in [0.2, 0.25) is 5.02 Å². The van der Waals surface area contributed by atoms with Gasteiger partial charge in [-0.05, 0) is 12.1 Å². The van der Waals surface area contributed by atoms with E-state index >= 15 is 0 Å². The van der Waals surface area contributed by atoms with Crippen molar-refractivity contribution >= 4 is 29.4 Å². The van der Waals surface area contributed by atoms with Crippen LogP contribution in [-0.4, -0.2) is 23.6 Å². The van der Waals surface area contributed by atoms with Crippen molar-refractivity contribution < 1.29 is 23.2 Å². The van der Waals surface area contributed by atoms with Crippen LogP contribution in [0, 0.1) is 5.82 Å². The fraction of sp³-hybridized carbons (Fsp3) is 0.353. The van der Waals surface area contributed by atoms with Gasteiger partial charge in [0.2, 0.25) is 5.88 Å². The maximum atomic E-state index is 13.6. The van der Waals surface area contributed by atoms with Crippen molar-refractivity contribution in [1.29, 1.82) is 0 Å². The number of rotatable bonds is 5. The molecule has 1 aromatic heterocycles. The lowest BCUT2D eigenvalue weighted by Gasteiger charge is -2.12. The number of anilines is 1. The number of benzene rings is 1. The molecule has 2 rings (SSSR count). The smallest absolute Gasteiger partial charge is 0.310 e. The van der Waals surface area contributed by atoms with Crippen molar-refractivity contribution in [2.75, 3.05) is 11.9 Å². The molecule has 134 valence electrons. The molecule has 0 aliphatic rings. The van der Waals surface area contributed by atoms with Gasteiger partial charge < -0.3 is 9.26 Å². The number of aromatic nitrogens is 1. The van der Waals surface area contributed by atoms with Gasteiger partial charge in [-0.25, -0.2) is 4.39 Å². The molecule has 0 aliphatic heterocycles. The first-order valence-corrected chi connectivity index (χ1v) is 7.90. The number of nitrogens with one attached hydrogen (secondary N) is 1. The summed E-state index contributed by atoms with van der Waals surface area (Å²) in [7, 11) is 0. The Morgan fingerprint density at radius 2 is 2.08 bits per heavy atom. The molecule has 2 aromatic rings. The second-order valence-corrected chi connectivity index (χ2v) is 6.82. The number of amides is 1. The first kappa shape index (κ1) is 18.9. The Balaban J connectivity index is 1.85. The Morgan fingerprint density at radius 1 is 1.36 bits per heavy atom. The number of hydrogen-bond acceptors (Lipinski definition) is 5. The van der Waals surface area contributed by atoms with Gasteiger partial charge >= 0.3 is 5.97 Å². The predicted molar refractivity (Wildman–Crippen MR) is 89.9 cm³/mol. The number of halogens is 2. The standard InChI is InChI=1S/C17H18ClFN2O4/c1-17(2,3)13-8-15(25-21-13)20-14(22)9-24-16(23)7-10-11(18)5-4-6-12(10)19/h4-6,8H,7,9H2,1-3H3,(H,20,22). The number of hydrogen-bond donors (Lipinski definition) is 1. The lowest BCUT2D eigenvalue weighted by molar-refractivity contribution is -0.146. The molecule has 6 nitrogen and oxygen atoms in total. The summed E-state index contributed by atoms with van der Waals surface area (Å²) in [5.74, 6) is -1.81. The van der Waals surface area contributed by atoms with Gasteiger partial charge in [0.05, 0.1) is 12.1 Å². The Labute approximate surface area is 149 Å². The zero-order chi connectivity index (χ0) is 18.6. The highest BCUT2D eigenvalue weighted by atomic mass is 35.5. The van der Waals surface area contributed by atoms with E-state index in [4.69, 9.17) is 20.9 Å². The van der Waals surface area contributed by atoms with Crippen LogP contribution in [0.4, 0.5) is 10.3 Å². The molecule has 0 radical (unpaired) electrons. The molecule has 1 heterocycles. The van der Waals surface area contributed by atoms with Gasteiger partial charge in [-0.3, -0.25) is 14.9 Å². The maximum absolute atomic E-state index is 13.6. The van der Waals surface area contributed by atoms with Crippen LogP contribution >= 0.6 is 11.6 Å². The summed E-state index contributed by atoms with van der Waals surface area (Å²) >= 11 is 5.84. The molecular weight excluding hydrogens is 351 g/mol. The van der Waals surface area contributed by atoms with Crippen LogP contribution in [-0.2, 0) is 26.2 Å². The second-order valence-electron chi connectivity index (χ2n) is 6.41. The molecule has 25 heavy (non-hydrogen) atoms. The molecule has 1 N–H and O–H groups in total. The molecule has 0 fully saturated rings. The van der Waals surface area contributed by atoms with Crippen LogP contribution in [0.5, 0.6) is 0 Å². The predicted octanol–water partition coefficient (Wildman–Crippen LogP) is 3.49. The van der Waals surface area contributed by atoms with Crippen LogP contribution in [0.3, 0.4) is 0 Å². The molecule has 0 atom stereocenters. The summed E-state index contributed by atoms with van der Waals surface area (Å²) in [4.78, 5) is 23.5. The fourth-order valence-corrected chi connectivity index (χ4v) is 2.13. The number of esters is 1. The molecular formula is C17H18ClFN2O4. The molecule has 1 aromatic carbocycles. The van der Waals surface area contributed by atoms with Crippen LogP contribution in [0.15, 0.2) is 28.8 Å². The summed E-state index contributed by atoms with van der Waals surface area (Å²) in [5.41, 5.74) is 0.478. The van der Waals surface area contributed by atoms with E-state index in [0.717, 1.165) is 0 Å². The third-order valence-electron chi connectivity index (χ3n) is 3.29. The van der Waals surface area contributed by atoms with E-state index in [1.54, 1.807) is 6.07 Å². The average Bonchev–Trinajstić information content (AvgIpc) is 2.98. The Kier molecular flexibility index (Phi) is 5.79. The quantitative estimate of drug-likeness (QED) is 0.817. The first-order valence-electron chi connectivity index (χ1n) is 7.52. The van der Waals surface area contributed by atoms with E-state index < -0.39 is 24.3 Å². The Bertz CT molecular complexity index is 763. The van der Waals surface area contributed by atoms with Crippen molar-refractivity contribution in [2.24, 2.45) is 0 Å². The fourth-order valence-electron chi connectivity index (χ4n) is 1.90. The van der Waals surface area contributed by atoms with Gasteiger partial charge in [-0.2, -0.15) is 0 Å². The Hall–Kier alpha value is -2.41. The molecule has 0 bridgehead atoms. The summed E-state index contributed by atoms with van der Waals surface area (Å²) < 4.78 is 23.4. The number of carbonyl (C=O) groups is 2. The lowest BCUT2D eigenvalue weighted by atomic mass is 9.92. The number of ether oxygens (including phenoxy) is 1. The zero-order valence-corrected chi connectivity index (χ0v) is 14.8. The van der Waals surface area contributed by atoms with E-state index in [9.17, 15) is 14.0 Å². The zero-order valence-electron chi connectivity index (χ0n) is 14.1. The minimum atomic E-state index is -0.768. The summed E-state index contributed by atoms with van der Waals surface area (Å²) in [6.45, 7) is 5.32. The molecule has 0 saturated heterocycles. The second kappa shape index (κ2) is 7.65. The highest BCUT2D eigenvalue weighted by Crippen LogP contribution is 2.23. The largest absolute Gasteiger partial charge is 0.455 e. The third kappa shape index (κ3) is 5.29. The minimum absolute atomic E-state index is 0.0274. The maximum Gasteiger partial charge on any atom is 0.310 e. The van der Waals surface area contributed by atoms with E-state index in [1.807, 2.05) is 20.8 Å². The van der Waals surface area contributed by atoms with Gasteiger partial charge in [-0.1, -0.05) is 43.6 Å². The van der Waals surface area contributed by atoms with E-state index in [-0.39, 0.29) is 28.3 Å². The molecule has 0 spiro atoms. The molecule has 0 aliphatic carbocycles. The lowest BCUT2D eigenvalue weighted by Crippen LogP contribution is -2.21. The molecule has 0 saturated carbocycles. The van der Waals surface area contributed by atoms with Crippen molar-refractivity contribution in [3.8, 4) is 0 Å². The van der Waals surface area contributed by atoms with Crippen LogP contribution < -0.4 is 5.32 Å². The van der Waals surface area contributed by atoms with Crippen molar-refractivity contribution in [1.82, 2.24) is 5.16 Å². The topological polar surface area (TPSA) is 81.4 Å². The van der Waals surface area contributed by atoms with Gasteiger partial charge in [0.1, 0.15) is 5.82 Å². The van der Waals surface area contributed by atoms with Gasteiger partial charge in [0, 0.05) is 22.1 Å². The van der Waals surface area contributed by atoms with Crippen LogP contribution in [0.25, 0.3) is 0 Å². The van der Waals surface area contributed by atoms with Crippen molar-refractivity contribution in [3.05, 3.63) is 46.4 Å². The van der Waals surface area contributed by atoms with E-state index in [0.29, 0.717) is 5.69 Å². The highest BCUT2D eigenvalue weighted by Gasteiger charge is 2.20. The van der Waals surface area contributed by atoms with Gasteiger partial charge in [0.15, 0.2) is 6.61 Å². The SMILES string of the molecule is CC(C)(C)c1cc(NC(=O)COC(=O)Cc2c(F)cccc2Cl)on1. The van der Waals surface area contributed by atoms with Gasteiger partial charge in [-0.15, -0.1) is 0 Å². The first-order chi connectivity index (χ1) is 11.7. The molecule has 1 amide bonds. The minimum Gasteiger partial charge on any atom is -0.455 e. The highest BCUT2D eigenvalue weighted by molar-refractivity contribution is 6.31. The molecule has 0 unspecified atom stereocenters. The normalized spacial score (nSPS) is 11.2. The monoisotopic (exact) mass is 368 g/mol. The summed E-state index contributed by atoms with van der Waals surface area (Å²) in [6, 6.07) is 5.69. The van der Waals surface area contributed by atoms with Gasteiger partial charge in [0.25, 0.3) is 5.91 Å². The number of nitrogens with zero attached hydrogens (tertiary/aromatic N) is 1. The van der Waals surface area contributed by atoms with Crippen LogP contribution in [0.1, 0.15) is 32.0 Å². The van der Waals surface area contributed by atoms with E-state index in [1.165, 1.54) is 18.2 Å². The Morgan fingerprint density at radius 3 is 2.68 bits per heavy atom. The summed E-state index contributed by atoms with van der Waals surface area (Å²) in [6.07, 6.45) is -0.366. The summed E-state index contributed by atoms with van der Waals surface area (Å²) in [5, 5.41) is 6.41. The third-order valence-corrected chi connectivity index (χ3v) is 3.64. The average molecular weight is 369 g/mol. The van der Waals surface area contributed by atoms with Crippen molar-refractivity contribution in [2.45, 2.75) is 32.6 Å². The van der Waals surface area contributed by atoms with E-state index in [2.05, 4.69) is 10.5 Å².